The molecule has 0 aliphatic heterocycles. The molecule has 1 aromatic rings. The topological polar surface area (TPSA) is 61.7 Å². The van der Waals surface area contributed by atoms with Crippen LogP contribution in [0.5, 0.6) is 5.75 Å². The Morgan fingerprint density at radius 3 is 3.00 bits per heavy atom. The number of hydrogen-bond donors (Lipinski definition) is 2. The quantitative estimate of drug-likeness (QED) is 0.803. The summed E-state index contributed by atoms with van der Waals surface area (Å²) >= 11 is 0. The Morgan fingerprint density at radius 2 is 2.26 bits per heavy atom. The minimum Gasteiger partial charge on any atom is -0.507 e. The Labute approximate surface area is 113 Å². The van der Waals surface area contributed by atoms with Crippen molar-refractivity contribution in [1.29, 1.82) is 0 Å². The summed E-state index contributed by atoms with van der Waals surface area (Å²) in [6.45, 7) is 3.96. The van der Waals surface area contributed by atoms with E-state index in [-0.39, 0.29) is 17.2 Å². The van der Waals surface area contributed by atoms with E-state index in [9.17, 15) is 9.90 Å². The number of amides is 1. The summed E-state index contributed by atoms with van der Waals surface area (Å²) in [4.78, 5) is 12.0. The van der Waals surface area contributed by atoms with E-state index in [2.05, 4.69) is 17.5 Å². The number of hydrogen-bond acceptors (Lipinski definition) is 3. The third-order valence-corrected chi connectivity index (χ3v) is 3.54. The van der Waals surface area contributed by atoms with Gasteiger partial charge in [0.25, 0.3) is 5.91 Å². The first-order valence-corrected chi connectivity index (χ1v) is 6.72. The van der Waals surface area contributed by atoms with Crippen molar-refractivity contribution in [2.45, 2.75) is 39.5 Å². The summed E-state index contributed by atoms with van der Waals surface area (Å²) in [6.07, 6.45) is 4.25. The zero-order valence-corrected chi connectivity index (χ0v) is 11.4. The van der Waals surface area contributed by atoms with E-state index >= 15 is 0 Å². The molecular weight excluding hydrogens is 240 g/mol. The molecule has 1 saturated carbocycles. The van der Waals surface area contributed by atoms with Crippen LogP contribution in [0.1, 0.15) is 48.5 Å². The lowest BCUT2D eigenvalue weighted by Crippen LogP contribution is -2.22. The summed E-state index contributed by atoms with van der Waals surface area (Å²) in [5.74, 6) is 0.306. The molecule has 1 aromatic carbocycles. The number of hydrazone groups is 1. The molecule has 0 saturated heterocycles. The molecule has 1 amide bonds. The van der Waals surface area contributed by atoms with Gasteiger partial charge in [0.1, 0.15) is 5.75 Å². The molecule has 102 valence electrons. The van der Waals surface area contributed by atoms with E-state index in [0.717, 1.165) is 25.0 Å². The molecule has 1 aliphatic carbocycles. The van der Waals surface area contributed by atoms with Crippen molar-refractivity contribution in [3.63, 3.8) is 0 Å². The smallest absolute Gasteiger partial charge is 0.275 e. The average molecular weight is 260 g/mol. The number of phenolic OH excluding ortho intramolecular Hbond substituents is 1. The predicted molar refractivity (Wildman–Crippen MR) is 75.4 cm³/mol. The van der Waals surface area contributed by atoms with Crippen molar-refractivity contribution in [3.05, 3.63) is 29.3 Å². The van der Waals surface area contributed by atoms with E-state index in [0.29, 0.717) is 11.5 Å². The van der Waals surface area contributed by atoms with Gasteiger partial charge < -0.3 is 5.11 Å². The molecule has 0 spiro atoms. The normalized spacial score (nSPS) is 21.4. The molecule has 2 N–H and O–H groups in total. The lowest BCUT2D eigenvalue weighted by Gasteiger charge is -2.19. The van der Waals surface area contributed by atoms with Crippen LogP contribution < -0.4 is 5.43 Å². The van der Waals surface area contributed by atoms with Crippen LogP contribution in [0.3, 0.4) is 0 Å². The van der Waals surface area contributed by atoms with E-state index in [1.807, 2.05) is 0 Å². The van der Waals surface area contributed by atoms with Gasteiger partial charge in [0.15, 0.2) is 0 Å². The molecule has 0 heterocycles. The van der Waals surface area contributed by atoms with Crippen LogP contribution >= 0.6 is 0 Å². The fourth-order valence-corrected chi connectivity index (χ4v) is 2.39. The Hall–Kier alpha value is -1.84. The Kier molecular flexibility index (Phi) is 4.20. The number of carbonyl (C=O) groups is 1. The standard InChI is InChI=1S/C15H20N2O2/c1-10-5-3-7-12(9-10)16-17-15(19)13-8-4-6-11(2)14(13)18/h4,6,8,10,18H,3,5,7,9H2,1-2H3,(H,17,19)/b16-12+/t10-/m0/s1. The second-order valence-corrected chi connectivity index (χ2v) is 5.29. The van der Waals surface area contributed by atoms with Gasteiger partial charge in [0.05, 0.1) is 5.56 Å². The highest BCUT2D eigenvalue weighted by atomic mass is 16.3. The number of aryl methyl sites for hydroxylation is 1. The summed E-state index contributed by atoms with van der Waals surface area (Å²) in [5.41, 5.74) is 4.55. The third-order valence-electron chi connectivity index (χ3n) is 3.54. The summed E-state index contributed by atoms with van der Waals surface area (Å²) in [5, 5.41) is 14.0. The van der Waals surface area contributed by atoms with Crippen molar-refractivity contribution >= 4 is 11.6 Å². The Bertz CT molecular complexity index is 509. The van der Waals surface area contributed by atoms with Gasteiger partial charge in [0, 0.05) is 5.71 Å². The zero-order chi connectivity index (χ0) is 13.8. The number of phenols is 1. The highest BCUT2D eigenvalue weighted by Crippen LogP contribution is 2.22. The molecule has 19 heavy (non-hydrogen) atoms. The Morgan fingerprint density at radius 1 is 1.47 bits per heavy atom. The molecule has 4 heteroatoms. The van der Waals surface area contributed by atoms with Crippen LogP contribution in [-0.2, 0) is 0 Å². The van der Waals surface area contributed by atoms with Gasteiger partial charge in [-0.1, -0.05) is 19.1 Å². The summed E-state index contributed by atoms with van der Waals surface area (Å²) in [6, 6.07) is 5.11. The van der Waals surface area contributed by atoms with Crippen molar-refractivity contribution < 1.29 is 9.90 Å². The third kappa shape index (κ3) is 3.34. The van der Waals surface area contributed by atoms with Gasteiger partial charge in [-0.3, -0.25) is 4.79 Å². The molecule has 0 unspecified atom stereocenters. The van der Waals surface area contributed by atoms with E-state index in [1.165, 1.54) is 6.42 Å². The van der Waals surface area contributed by atoms with Crippen molar-refractivity contribution in [1.82, 2.24) is 5.43 Å². The minimum absolute atomic E-state index is 0.0252. The van der Waals surface area contributed by atoms with Gasteiger partial charge in [0.2, 0.25) is 0 Å². The van der Waals surface area contributed by atoms with Crippen molar-refractivity contribution in [2.24, 2.45) is 11.0 Å². The van der Waals surface area contributed by atoms with Crippen molar-refractivity contribution in [2.75, 3.05) is 0 Å². The summed E-state index contributed by atoms with van der Waals surface area (Å²) in [7, 11) is 0. The number of carbonyl (C=O) groups excluding carboxylic acids is 1. The number of benzene rings is 1. The fourth-order valence-electron chi connectivity index (χ4n) is 2.39. The number of aromatic hydroxyl groups is 1. The maximum atomic E-state index is 12.0. The minimum atomic E-state index is -0.355. The second kappa shape index (κ2) is 5.87. The predicted octanol–water partition coefficient (Wildman–Crippen LogP) is 3.00. The molecule has 2 rings (SSSR count). The molecule has 1 fully saturated rings. The molecular formula is C15H20N2O2. The average Bonchev–Trinajstić information content (AvgIpc) is 2.39. The second-order valence-electron chi connectivity index (χ2n) is 5.29. The SMILES string of the molecule is Cc1cccc(C(=O)N/N=C2\CCC[C@H](C)C2)c1O. The van der Waals surface area contributed by atoms with Crippen LogP contribution in [0.4, 0.5) is 0 Å². The van der Waals surface area contributed by atoms with Gasteiger partial charge in [-0.2, -0.15) is 5.10 Å². The molecule has 0 radical (unpaired) electrons. The number of para-hydroxylation sites is 1. The number of rotatable bonds is 2. The number of nitrogens with zero attached hydrogens (tertiary/aromatic N) is 1. The maximum Gasteiger partial charge on any atom is 0.275 e. The van der Waals surface area contributed by atoms with E-state index < -0.39 is 0 Å². The van der Waals surface area contributed by atoms with Gasteiger partial charge in [-0.05, 0) is 50.2 Å². The molecule has 1 atom stereocenters. The summed E-state index contributed by atoms with van der Waals surface area (Å²) < 4.78 is 0. The van der Waals surface area contributed by atoms with Crippen LogP contribution in [0, 0.1) is 12.8 Å². The fraction of sp³-hybridized carbons (Fsp3) is 0.467. The zero-order valence-electron chi connectivity index (χ0n) is 11.4. The van der Waals surface area contributed by atoms with Crippen molar-refractivity contribution in [3.8, 4) is 5.75 Å². The van der Waals surface area contributed by atoms with Gasteiger partial charge in [-0.15, -0.1) is 0 Å². The maximum absolute atomic E-state index is 12.0. The molecule has 1 aliphatic rings. The van der Waals surface area contributed by atoms with E-state index in [4.69, 9.17) is 0 Å². The van der Waals surface area contributed by atoms with E-state index in [1.54, 1.807) is 25.1 Å². The largest absolute Gasteiger partial charge is 0.507 e. The lowest BCUT2D eigenvalue weighted by molar-refractivity contribution is 0.0951. The van der Waals surface area contributed by atoms with Gasteiger partial charge in [-0.25, -0.2) is 5.43 Å². The first-order valence-electron chi connectivity index (χ1n) is 6.72. The van der Waals surface area contributed by atoms with Crippen LogP contribution in [0.15, 0.2) is 23.3 Å². The highest BCUT2D eigenvalue weighted by Gasteiger charge is 2.15. The lowest BCUT2D eigenvalue weighted by atomic mass is 9.89. The van der Waals surface area contributed by atoms with Crippen LogP contribution in [0.25, 0.3) is 0 Å². The monoisotopic (exact) mass is 260 g/mol. The van der Waals surface area contributed by atoms with Crippen LogP contribution in [0.2, 0.25) is 0 Å². The highest BCUT2D eigenvalue weighted by molar-refractivity contribution is 5.98. The van der Waals surface area contributed by atoms with Gasteiger partial charge >= 0.3 is 0 Å². The molecule has 0 aromatic heterocycles. The Balaban J connectivity index is 2.05. The first-order chi connectivity index (χ1) is 9.08. The van der Waals surface area contributed by atoms with Crippen LogP contribution in [-0.4, -0.2) is 16.7 Å². The number of nitrogens with one attached hydrogen (secondary N) is 1. The molecule has 4 nitrogen and oxygen atoms in total. The first kappa shape index (κ1) is 13.6. The molecule has 0 bridgehead atoms.